The van der Waals surface area contributed by atoms with Gasteiger partial charge in [-0.25, -0.2) is 4.79 Å². The average molecular weight is 515 g/mol. The molecule has 1 aromatic carbocycles. The molecule has 10 heteroatoms. The third-order valence-electron chi connectivity index (χ3n) is 9.07. The molecule has 0 spiro atoms. The Kier molecular flexibility index (Phi) is 6.55. The highest BCUT2D eigenvalue weighted by atomic mass is 16.6. The summed E-state index contributed by atoms with van der Waals surface area (Å²) < 4.78 is 12.4. The van der Waals surface area contributed by atoms with Crippen molar-refractivity contribution in [2.45, 2.75) is 74.3 Å². The van der Waals surface area contributed by atoms with Crippen molar-refractivity contribution >= 4 is 17.7 Å². The van der Waals surface area contributed by atoms with Gasteiger partial charge in [0.2, 0.25) is 0 Å². The van der Waals surface area contributed by atoms with E-state index in [0.29, 0.717) is 56.3 Å². The van der Waals surface area contributed by atoms with Crippen molar-refractivity contribution in [3.63, 3.8) is 0 Å². The van der Waals surface area contributed by atoms with Gasteiger partial charge in [0.05, 0.1) is 25.9 Å². The number of carbonyl (C=O) groups is 2. The first kappa shape index (κ1) is 24.9. The number of benzene rings is 1. The Bertz CT molecular complexity index is 1010. The number of β-amino-alcohol motifs (C(OH)–C–C–N with tert-alkyl or cyclic N) is 1. The molecule has 37 heavy (non-hydrogen) atoms. The van der Waals surface area contributed by atoms with E-state index in [0.717, 1.165) is 19.4 Å². The summed E-state index contributed by atoms with van der Waals surface area (Å²) in [5.41, 5.74) is 6.42. The number of carboxylic acid groups (broad SMARTS) is 1. The number of aliphatic hydroxyl groups excluding tert-OH is 1. The fraction of sp³-hybridized carbons (Fsp3) is 0.704. The number of aliphatic carboxylic acids is 1. The molecule has 1 amide bonds. The lowest BCUT2D eigenvalue weighted by atomic mass is 9.93. The van der Waals surface area contributed by atoms with Gasteiger partial charge in [0, 0.05) is 43.4 Å². The molecular formula is C27H38N4O6. The minimum atomic E-state index is -0.916. The molecule has 0 aromatic heterocycles. The van der Waals surface area contributed by atoms with E-state index in [4.69, 9.17) is 15.2 Å². The lowest BCUT2D eigenvalue weighted by molar-refractivity contribution is -0.161. The van der Waals surface area contributed by atoms with Crippen molar-refractivity contribution < 1.29 is 29.3 Å². The van der Waals surface area contributed by atoms with Gasteiger partial charge >= 0.3 is 12.1 Å². The van der Waals surface area contributed by atoms with Crippen molar-refractivity contribution in [3.05, 3.63) is 29.8 Å². The van der Waals surface area contributed by atoms with Gasteiger partial charge in [-0.1, -0.05) is 25.0 Å². The van der Waals surface area contributed by atoms with Gasteiger partial charge < -0.3 is 30.3 Å². The first-order valence-electron chi connectivity index (χ1n) is 13.7. The van der Waals surface area contributed by atoms with Gasteiger partial charge in [0.15, 0.2) is 0 Å². The summed E-state index contributed by atoms with van der Waals surface area (Å²) in [6.07, 6.45) is 5.22. The van der Waals surface area contributed by atoms with Gasteiger partial charge in [0.1, 0.15) is 11.6 Å². The Morgan fingerprint density at radius 2 is 1.89 bits per heavy atom. The van der Waals surface area contributed by atoms with Crippen molar-refractivity contribution in [1.29, 1.82) is 0 Å². The number of rotatable bonds is 9. The van der Waals surface area contributed by atoms with Gasteiger partial charge in [-0.05, 0) is 49.3 Å². The summed E-state index contributed by atoms with van der Waals surface area (Å²) in [6, 6.07) is 6.16. The van der Waals surface area contributed by atoms with Crippen LogP contribution in [0.3, 0.4) is 0 Å². The minimum absolute atomic E-state index is 0.0593. The van der Waals surface area contributed by atoms with E-state index in [1.54, 1.807) is 24.3 Å². The number of amides is 1. The average Bonchev–Trinajstić information content (AvgIpc) is 3.78. The molecule has 5 atom stereocenters. The quantitative estimate of drug-likeness (QED) is 0.422. The van der Waals surface area contributed by atoms with Crippen LogP contribution in [0.2, 0.25) is 0 Å². The molecule has 3 aliphatic heterocycles. The zero-order chi connectivity index (χ0) is 25.7. The fourth-order valence-corrected chi connectivity index (χ4v) is 6.84. The van der Waals surface area contributed by atoms with E-state index >= 15 is 0 Å². The number of anilines is 1. The van der Waals surface area contributed by atoms with Crippen LogP contribution in [0.4, 0.5) is 10.5 Å². The van der Waals surface area contributed by atoms with Crippen molar-refractivity contribution in [1.82, 2.24) is 14.7 Å². The maximum Gasteiger partial charge on any atom is 0.410 e. The molecule has 202 valence electrons. The second-order valence-corrected chi connectivity index (χ2v) is 11.6. The molecular weight excluding hydrogens is 476 g/mol. The van der Waals surface area contributed by atoms with E-state index in [1.165, 1.54) is 12.8 Å². The summed E-state index contributed by atoms with van der Waals surface area (Å²) in [5.74, 6) is -0.323. The van der Waals surface area contributed by atoms with E-state index < -0.39 is 17.6 Å². The lowest BCUT2D eigenvalue weighted by Crippen LogP contribution is -2.61. The summed E-state index contributed by atoms with van der Waals surface area (Å²) in [5, 5.41) is 19.8. The molecule has 2 bridgehead atoms. The van der Waals surface area contributed by atoms with Gasteiger partial charge in [-0.3, -0.25) is 14.6 Å². The Morgan fingerprint density at radius 1 is 1.14 bits per heavy atom. The smallest absolute Gasteiger partial charge is 0.410 e. The van der Waals surface area contributed by atoms with Crippen LogP contribution in [0.25, 0.3) is 0 Å². The maximum absolute atomic E-state index is 13.4. The Morgan fingerprint density at radius 3 is 2.49 bits per heavy atom. The third-order valence-corrected chi connectivity index (χ3v) is 9.07. The predicted octanol–water partition coefficient (Wildman–Crippen LogP) is 1.68. The molecule has 5 fully saturated rings. The van der Waals surface area contributed by atoms with Crippen molar-refractivity contribution in [2.24, 2.45) is 5.92 Å². The van der Waals surface area contributed by atoms with Crippen LogP contribution in [0, 0.1) is 5.92 Å². The molecule has 1 aromatic rings. The highest BCUT2D eigenvalue weighted by Crippen LogP contribution is 2.50. The van der Waals surface area contributed by atoms with Crippen LogP contribution in [0.15, 0.2) is 24.3 Å². The van der Waals surface area contributed by atoms with E-state index in [1.807, 2.05) is 4.90 Å². The Hall–Kier alpha value is -2.40. The van der Waals surface area contributed by atoms with E-state index in [-0.39, 0.29) is 36.9 Å². The fourth-order valence-electron chi connectivity index (χ4n) is 6.84. The standard InChI is InChI=1S/C27H38N4O6/c28-19-5-3-18(4-6-19)24(25(33)34)31-22(11-17-1-2-17)15-36-16-23(31)27(7-8-27)37-26(35)30-14-20-12-21(30)13-29(20)9-10-32/h3-6,17,20-24,32H,1-2,7-16,28H2,(H,33,34)/t20?,21?,22-,23-,24?/m1/s1. The van der Waals surface area contributed by atoms with Crippen molar-refractivity contribution in [2.75, 3.05) is 45.2 Å². The van der Waals surface area contributed by atoms with Crippen LogP contribution in [0.5, 0.6) is 0 Å². The minimum Gasteiger partial charge on any atom is -0.480 e. The SMILES string of the molecule is Nc1ccc(C(C(=O)O)N2[C@H](CC3CC3)COC[C@@H]2C2(OC(=O)N3CC4CC3CN4CCO)CC2)cc1. The van der Waals surface area contributed by atoms with E-state index in [2.05, 4.69) is 9.80 Å². The van der Waals surface area contributed by atoms with Gasteiger partial charge in [-0.15, -0.1) is 0 Å². The number of nitrogens with two attached hydrogens (primary N) is 1. The summed E-state index contributed by atoms with van der Waals surface area (Å²) >= 11 is 0. The van der Waals surface area contributed by atoms with Crippen molar-refractivity contribution in [3.8, 4) is 0 Å². The normalized spacial score (nSPS) is 31.9. The number of fused-ring (bicyclic) bond motifs is 2. The second kappa shape index (κ2) is 9.72. The molecule has 4 N–H and O–H groups in total. The number of piperazine rings is 1. The summed E-state index contributed by atoms with van der Waals surface area (Å²) in [4.78, 5) is 32.4. The number of aliphatic hydroxyl groups is 1. The number of carboxylic acids is 1. The molecule has 2 saturated carbocycles. The van der Waals surface area contributed by atoms with Crippen LogP contribution in [-0.4, -0.2) is 106 Å². The molecule has 3 saturated heterocycles. The van der Waals surface area contributed by atoms with Crippen LogP contribution in [0.1, 0.15) is 50.1 Å². The van der Waals surface area contributed by atoms with Crippen LogP contribution < -0.4 is 5.73 Å². The highest BCUT2D eigenvalue weighted by Gasteiger charge is 2.60. The second-order valence-electron chi connectivity index (χ2n) is 11.6. The number of carbonyl (C=O) groups excluding carboxylic acids is 1. The van der Waals surface area contributed by atoms with Crippen LogP contribution >= 0.6 is 0 Å². The largest absolute Gasteiger partial charge is 0.480 e. The number of nitrogens with zero attached hydrogens (tertiary/aromatic N) is 3. The topological polar surface area (TPSA) is 129 Å². The molecule has 0 radical (unpaired) electrons. The monoisotopic (exact) mass is 514 g/mol. The number of likely N-dealkylation sites (tertiary alicyclic amines) is 2. The number of nitrogen functional groups attached to an aromatic ring is 1. The number of ether oxygens (including phenoxy) is 2. The molecule has 3 unspecified atom stereocenters. The first-order valence-corrected chi connectivity index (χ1v) is 13.7. The van der Waals surface area contributed by atoms with E-state index in [9.17, 15) is 19.8 Å². The molecule has 6 rings (SSSR count). The maximum atomic E-state index is 13.4. The third kappa shape index (κ3) is 4.80. The van der Waals surface area contributed by atoms with Crippen LogP contribution in [-0.2, 0) is 14.3 Å². The van der Waals surface area contributed by atoms with Gasteiger partial charge in [0.25, 0.3) is 0 Å². The Labute approximate surface area is 217 Å². The molecule has 3 heterocycles. The summed E-state index contributed by atoms with van der Waals surface area (Å²) in [6.45, 7) is 2.93. The number of morpholine rings is 1. The zero-order valence-electron chi connectivity index (χ0n) is 21.2. The highest BCUT2D eigenvalue weighted by molar-refractivity contribution is 5.76. The van der Waals surface area contributed by atoms with Gasteiger partial charge in [-0.2, -0.15) is 0 Å². The lowest BCUT2D eigenvalue weighted by Gasteiger charge is -2.48. The Balaban J connectivity index is 1.24. The number of hydrogen-bond acceptors (Lipinski definition) is 8. The summed E-state index contributed by atoms with van der Waals surface area (Å²) in [7, 11) is 0. The molecule has 5 aliphatic rings. The number of hydrogen-bond donors (Lipinski definition) is 3. The predicted molar refractivity (Wildman–Crippen MR) is 135 cm³/mol. The molecule has 10 nitrogen and oxygen atoms in total. The first-order chi connectivity index (χ1) is 17.9. The molecule has 2 aliphatic carbocycles. The zero-order valence-corrected chi connectivity index (χ0v) is 21.2.